The van der Waals surface area contributed by atoms with Crippen molar-refractivity contribution in [1.29, 1.82) is 0 Å². The Bertz CT molecular complexity index is 4220. The maximum atomic E-state index is 2.52. The van der Waals surface area contributed by atoms with Gasteiger partial charge in [-0.1, -0.05) is 261 Å². The Labute approximate surface area is 444 Å². The SMILES string of the molecule is c1ccc(-c2ccc(N(c3cccc(C4(c5ccccc5)c5ccccc5C5(c6ccccc6)c6ccccc6-c6cccc4c65)c3)c3ccc4c(c3)C3(c5ccccc5-c5ccccc53)c3ccccc3-4)cc2)cc1. The van der Waals surface area contributed by atoms with Crippen molar-refractivity contribution in [3.05, 3.63) is 364 Å². The van der Waals surface area contributed by atoms with E-state index >= 15 is 0 Å². The predicted octanol–water partition coefficient (Wildman–Crippen LogP) is 18.2. The number of anilines is 3. The Morgan fingerprint density at radius 1 is 0.197 bits per heavy atom. The molecular formula is C75H49N. The maximum absolute atomic E-state index is 2.52. The van der Waals surface area contributed by atoms with E-state index in [1.807, 2.05) is 0 Å². The first-order valence-corrected chi connectivity index (χ1v) is 26.7. The lowest BCUT2D eigenvalue weighted by Gasteiger charge is -2.49. The summed E-state index contributed by atoms with van der Waals surface area (Å²) < 4.78 is 0. The van der Waals surface area contributed by atoms with Crippen LogP contribution in [-0.2, 0) is 16.2 Å². The molecule has 0 heterocycles. The van der Waals surface area contributed by atoms with Gasteiger partial charge in [-0.25, -0.2) is 0 Å². The smallest absolute Gasteiger partial charge is 0.0726 e. The van der Waals surface area contributed by atoms with Crippen LogP contribution >= 0.6 is 0 Å². The van der Waals surface area contributed by atoms with Crippen molar-refractivity contribution in [3.63, 3.8) is 0 Å². The Hall–Kier alpha value is -9.56. The van der Waals surface area contributed by atoms with Crippen LogP contribution in [0.15, 0.2) is 297 Å². The van der Waals surface area contributed by atoms with Crippen LogP contribution in [0, 0.1) is 0 Å². The van der Waals surface area contributed by atoms with Crippen molar-refractivity contribution in [2.45, 2.75) is 16.2 Å². The van der Waals surface area contributed by atoms with Crippen LogP contribution in [0.5, 0.6) is 0 Å². The molecule has 76 heavy (non-hydrogen) atoms. The molecular weight excluding hydrogens is 915 g/mol. The minimum absolute atomic E-state index is 0.487. The summed E-state index contributed by atoms with van der Waals surface area (Å²) in [5.41, 5.74) is 27.4. The highest BCUT2D eigenvalue weighted by Crippen LogP contribution is 2.67. The van der Waals surface area contributed by atoms with Crippen LogP contribution in [0.4, 0.5) is 17.1 Å². The fourth-order valence-corrected chi connectivity index (χ4v) is 14.8. The molecule has 0 N–H and O–H groups in total. The second-order valence-corrected chi connectivity index (χ2v) is 21.0. The third-order valence-electron chi connectivity index (χ3n) is 17.6. The Balaban J connectivity index is 0.970. The molecule has 12 aromatic rings. The van der Waals surface area contributed by atoms with Crippen molar-refractivity contribution in [2.24, 2.45) is 0 Å². The topological polar surface area (TPSA) is 3.24 Å². The van der Waals surface area contributed by atoms with Crippen molar-refractivity contribution >= 4 is 17.1 Å². The van der Waals surface area contributed by atoms with E-state index in [0.29, 0.717) is 0 Å². The molecule has 4 aliphatic carbocycles. The zero-order chi connectivity index (χ0) is 50.0. The van der Waals surface area contributed by atoms with Crippen LogP contribution < -0.4 is 4.90 Å². The highest BCUT2D eigenvalue weighted by molar-refractivity contribution is 5.97. The first kappa shape index (κ1) is 42.9. The lowest BCUT2D eigenvalue weighted by Crippen LogP contribution is -2.44. The van der Waals surface area contributed by atoms with Gasteiger partial charge in [-0.05, 0) is 148 Å². The Morgan fingerprint density at radius 3 is 1.17 bits per heavy atom. The summed E-state index contributed by atoms with van der Waals surface area (Å²) in [5, 5.41) is 0. The van der Waals surface area contributed by atoms with Crippen LogP contribution in [0.1, 0.15) is 66.8 Å². The van der Waals surface area contributed by atoms with Crippen LogP contribution in [0.25, 0.3) is 44.5 Å². The third-order valence-corrected chi connectivity index (χ3v) is 17.6. The molecule has 0 amide bonds. The molecule has 2 unspecified atom stereocenters. The van der Waals surface area contributed by atoms with Crippen LogP contribution in [0.3, 0.4) is 0 Å². The summed E-state index contributed by atoms with van der Waals surface area (Å²) in [6.07, 6.45) is 0. The second kappa shape index (κ2) is 16.2. The molecule has 0 aliphatic heterocycles. The second-order valence-electron chi connectivity index (χ2n) is 21.0. The molecule has 0 saturated carbocycles. The van der Waals surface area contributed by atoms with Gasteiger partial charge in [0.05, 0.1) is 16.2 Å². The molecule has 12 aromatic carbocycles. The quantitative estimate of drug-likeness (QED) is 0.154. The van der Waals surface area contributed by atoms with Gasteiger partial charge in [-0.3, -0.25) is 0 Å². The summed E-state index contributed by atoms with van der Waals surface area (Å²) in [5.74, 6) is 0. The number of nitrogens with zero attached hydrogens (tertiary/aromatic N) is 1. The monoisotopic (exact) mass is 963 g/mol. The molecule has 354 valence electrons. The van der Waals surface area contributed by atoms with E-state index in [1.165, 1.54) is 111 Å². The Morgan fingerprint density at radius 2 is 0.579 bits per heavy atom. The van der Waals surface area contributed by atoms with E-state index in [2.05, 4.69) is 302 Å². The van der Waals surface area contributed by atoms with Crippen molar-refractivity contribution in [2.75, 3.05) is 4.90 Å². The molecule has 0 bridgehead atoms. The van der Waals surface area contributed by atoms with Gasteiger partial charge in [0.25, 0.3) is 0 Å². The third kappa shape index (κ3) is 5.54. The average Bonchev–Trinajstić information content (AvgIpc) is 4.20. The average molecular weight is 964 g/mol. The zero-order valence-electron chi connectivity index (χ0n) is 41.7. The minimum Gasteiger partial charge on any atom is -0.310 e. The van der Waals surface area contributed by atoms with Crippen molar-refractivity contribution in [1.82, 2.24) is 0 Å². The van der Waals surface area contributed by atoms with Gasteiger partial charge in [-0.2, -0.15) is 0 Å². The first-order chi connectivity index (χ1) is 37.7. The highest BCUT2D eigenvalue weighted by atomic mass is 15.1. The normalized spacial score (nSPS) is 17.2. The van der Waals surface area contributed by atoms with Gasteiger partial charge in [0.15, 0.2) is 0 Å². The van der Waals surface area contributed by atoms with Crippen molar-refractivity contribution < 1.29 is 0 Å². The number of fused-ring (bicyclic) bond motifs is 15. The van der Waals surface area contributed by atoms with Crippen molar-refractivity contribution in [3.8, 4) is 44.5 Å². The van der Waals surface area contributed by atoms with E-state index in [4.69, 9.17) is 0 Å². The van der Waals surface area contributed by atoms with Gasteiger partial charge in [0, 0.05) is 17.1 Å². The van der Waals surface area contributed by atoms with E-state index in [1.54, 1.807) is 0 Å². The van der Waals surface area contributed by atoms with E-state index in [9.17, 15) is 0 Å². The zero-order valence-corrected chi connectivity index (χ0v) is 41.7. The molecule has 0 fully saturated rings. The summed E-state index contributed by atoms with van der Waals surface area (Å²) in [4.78, 5) is 2.51. The number of benzene rings is 12. The molecule has 0 radical (unpaired) electrons. The van der Waals surface area contributed by atoms with E-state index in [-0.39, 0.29) is 0 Å². The van der Waals surface area contributed by atoms with E-state index in [0.717, 1.165) is 17.1 Å². The number of hydrogen-bond donors (Lipinski definition) is 0. The first-order valence-electron chi connectivity index (χ1n) is 26.7. The minimum atomic E-state index is -0.705. The standard InChI is InChI=1S/C75H49N/c1-4-22-50(23-5-1)51-42-44-55(45-43-51)76(57-46-47-62-60-32-12-17-38-67(60)75(71(62)49-57)65-36-15-10-30-58(65)59-31-11-16-37-66(59)75)56-29-20-28-54(48-56)73(52-24-6-2-7-25-52)68-39-18-19-40-69(68)74(53-26-8-3-9-27-53)64-35-14-13-33-61(64)63-34-21-41-70(73)72(63)74/h1-49H. The largest absolute Gasteiger partial charge is 0.310 e. The summed E-state index contributed by atoms with van der Waals surface area (Å²) >= 11 is 0. The molecule has 0 aromatic heterocycles. The van der Waals surface area contributed by atoms with Crippen LogP contribution in [-0.4, -0.2) is 0 Å². The van der Waals surface area contributed by atoms with Crippen LogP contribution in [0.2, 0.25) is 0 Å². The summed E-state index contributed by atoms with van der Waals surface area (Å²) in [7, 11) is 0. The van der Waals surface area contributed by atoms with Gasteiger partial charge < -0.3 is 4.90 Å². The molecule has 4 aliphatic rings. The molecule has 0 saturated heterocycles. The van der Waals surface area contributed by atoms with Gasteiger partial charge in [-0.15, -0.1) is 0 Å². The molecule has 16 rings (SSSR count). The fraction of sp³-hybridized carbons (Fsp3) is 0.0400. The van der Waals surface area contributed by atoms with Gasteiger partial charge >= 0.3 is 0 Å². The van der Waals surface area contributed by atoms with Gasteiger partial charge in [0.2, 0.25) is 0 Å². The summed E-state index contributed by atoms with van der Waals surface area (Å²) in [6, 6.07) is 112. The molecule has 2 atom stereocenters. The number of rotatable bonds is 7. The molecule has 1 nitrogen and oxygen atoms in total. The molecule has 1 heteroatoms. The summed E-state index contributed by atoms with van der Waals surface area (Å²) in [6.45, 7) is 0. The predicted molar refractivity (Wildman–Crippen MR) is 312 cm³/mol. The molecule has 1 spiro atoms. The van der Waals surface area contributed by atoms with Gasteiger partial charge in [0.1, 0.15) is 0 Å². The lowest BCUT2D eigenvalue weighted by molar-refractivity contribution is 0.627. The lowest BCUT2D eigenvalue weighted by atomic mass is 9.51. The van der Waals surface area contributed by atoms with E-state index < -0.39 is 16.2 Å². The Kier molecular flexibility index (Phi) is 9.15. The maximum Gasteiger partial charge on any atom is 0.0726 e. The number of hydrogen-bond acceptors (Lipinski definition) is 1. The fourth-order valence-electron chi connectivity index (χ4n) is 14.8. The highest BCUT2D eigenvalue weighted by Gasteiger charge is 2.58.